The first-order chi connectivity index (χ1) is 47.9. The molecule has 0 unspecified atom stereocenters. The molecule has 0 saturated carbocycles. The minimum Gasteiger partial charge on any atom is -0.201 e. The summed E-state index contributed by atoms with van der Waals surface area (Å²) in [7, 11) is 3.21. The molecule has 568 valence electrons. The maximum absolute atomic E-state index is 2.52. The van der Waals surface area contributed by atoms with E-state index in [0.717, 1.165) is 12.8 Å². The lowest BCUT2D eigenvalue weighted by molar-refractivity contribution is -0.660. The van der Waals surface area contributed by atoms with Gasteiger partial charge in [-0.2, -0.15) is 0 Å². The molecule has 4 aromatic carbocycles. The molecule has 104 heavy (non-hydrogen) atoms. The average molecular weight is 1470 g/mol. The Morgan fingerprint density at radius 1 is 0.317 bits per heavy atom. The highest BCUT2D eigenvalue weighted by Crippen LogP contribution is 2.33. The maximum atomic E-state index is 2.52. The van der Waals surface area contributed by atoms with E-state index >= 15 is 0 Å². The van der Waals surface area contributed by atoms with E-state index in [1.807, 2.05) is 0 Å². The Hall–Kier alpha value is -5.65. The van der Waals surface area contributed by atoms with Crippen molar-refractivity contribution in [1.29, 1.82) is 0 Å². The Bertz CT molecular complexity index is 4160. The predicted molar refractivity (Wildman–Crippen MR) is 472 cm³/mol. The monoisotopic (exact) mass is 1470 g/mol. The minimum absolute atomic E-state index is 0.167. The van der Waals surface area contributed by atoms with E-state index in [1.165, 1.54) is 133 Å². The smallest absolute Gasteiger partial charge is 0.201 e. The molecule has 0 radical (unpaired) electrons. The molecule has 0 atom stereocenters. The first kappa shape index (κ1) is 89.0. The molecule has 0 amide bonds. The van der Waals surface area contributed by atoms with Crippen LogP contribution in [0.1, 0.15) is 209 Å². The van der Waals surface area contributed by atoms with Gasteiger partial charge in [0.15, 0.2) is 24.8 Å². The molecule has 4 heterocycles. The molecular formula is C96H152N4Si4+4. The highest BCUT2D eigenvalue weighted by molar-refractivity contribution is 6.90. The zero-order chi connectivity index (χ0) is 78.8. The third-order valence-electron chi connectivity index (χ3n) is 21.0. The van der Waals surface area contributed by atoms with Crippen molar-refractivity contribution in [2.24, 2.45) is 57.8 Å². The molecule has 0 fully saturated rings. The summed E-state index contributed by atoms with van der Waals surface area (Å²) in [5.74, 6) is 4.64. The van der Waals surface area contributed by atoms with Crippen LogP contribution in [-0.2, 0) is 65.7 Å². The molecule has 0 N–H and O–H groups in total. The largest absolute Gasteiger partial charge is 0.212 e. The van der Waals surface area contributed by atoms with Crippen LogP contribution >= 0.6 is 0 Å². The van der Waals surface area contributed by atoms with Crippen molar-refractivity contribution < 1.29 is 18.3 Å². The summed E-state index contributed by atoms with van der Waals surface area (Å²) in [5.41, 5.74) is 28.5. The van der Waals surface area contributed by atoms with Gasteiger partial charge in [-0.25, -0.2) is 18.3 Å². The topological polar surface area (TPSA) is 15.5 Å². The van der Waals surface area contributed by atoms with Crippen LogP contribution < -0.4 is 39.0 Å². The number of hydrogen-bond donors (Lipinski definition) is 0. The lowest BCUT2D eigenvalue weighted by Gasteiger charge is -2.23. The number of aromatic nitrogens is 4. The molecule has 0 aliphatic heterocycles. The standard InChI is InChI=1S/C25H40NSi.2C24H38NSi.C23H36NSi/c1-10-20(11-2)21-13-12-19(5)23(15-21)24-16-25(27(7,8)9)22(14-18(3)4)17-26(24)6;1-17(2)13-19-16-25(7)22(15-23(19)26(8,9)10)21-14-20(24(4,5)6)12-11-18(21)3;1-17(2)12-20-11-10-19(5)22(14-20)23-15-24(26(7,8)9)21(13-18(3)4)16-25(23)6;1-16(2)12-20-15-24(6)22(14-23(20)25(7,8)9)21-13-19(17(3)4)11-10-18(21)5/h12-13,15-18,20H,10-11,14H2,1-9H3;11-12,14-17H,13H2,1-10H3;10-11,14-18H,12-13H2,1-9H3;10-11,13-17H,12H2,1-9H3/q4*+1. The Labute approximate surface area is 644 Å². The summed E-state index contributed by atoms with van der Waals surface area (Å²) in [6.07, 6.45) is 17.8. The fourth-order valence-electron chi connectivity index (χ4n) is 15.2. The van der Waals surface area contributed by atoms with Crippen LogP contribution in [0.5, 0.6) is 0 Å². The Kier molecular flexibility index (Phi) is 31.6. The quantitative estimate of drug-likeness (QED) is 0.0475. The Morgan fingerprint density at radius 3 is 0.846 bits per heavy atom. The zero-order valence-corrected chi connectivity index (χ0v) is 77.8. The Balaban J connectivity index is 0.000000249. The number of hydrogen-bond acceptors (Lipinski definition) is 0. The summed E-state index contributed by atoms with van der Waals surface area (Å²) in [6, 6.07) is 38.1. The lowest BCUT2D eigenvalue weighted by atomic mass is 9.85. The van der Waals surface area contributed by atoms with Crippen LogP contribution in [0.25, 0.3) is 45.0 Å². The molecule has 0 spiro atoms. The van der Waals surface area contributed by atoms with Gasteiger partial charge in [0, 0.05) is 68.8 Å². The molecule has 4 nitrogen and oxygen atoms in total. The third-order valence-corrected chi connectivity index (χ3v) is 29.3. The molecule has 4 aromatic heterocycles. The van der Waals surface area contributed by atoms with Crippen molar-refractivity contribution in [2.45, 2.75) is 286 Å². The molecule has 0 bridgehead atoms. The fraction of sp³-hybridized carbons (Fsp3) is 0.542. The molecule has 0 saturated heterocycles. The van der Waals surface area contributed by atoms with Crippen LogP contribution in [0.3, 0.4) is 0 Å². The molecule has 0 aliphatic rings. The van der Waals surface area contributed by atoms with Crippen LogP contribution in [0.2, 0.25) is 78.6 Å². The van der Waals surface area contributed by atoms with Gasteiger partial charge in [0.05, 0.1) is 32.3 Å². The first-order valence-electron chi connectivity index (χ1n) is 40.4. The number of pyridine rings is 4. The maximum Gasteiger partial charge on any atom is 0.212 e. The van der Waals surface area contributed by atoms with E-state index in [4.69, 9.17) is 0 Å². The van der Waals surface area contributed by atoms with Gasteiger partial charge in [0.2, 0.25) is 22.8 Å². The van der Waals surface area contributed by atoms with E-state index < -0.39 is 32.3 Å². The van der Waals surface area contributed by atoms with Crippen LogP contribution in [0.4, 0.5) is 0 Å². The van der Waals surface area contributed by atoms with Crippen LogP contribution in [0, 0.1) is 57.3 Å². The summed E-state index contributed by atoms with van der Waals surface area (Å²) < 4.78 is 9.40. The normalized spacial score (nSPS) is 12.4. The van der Waals surface area contributed by atoms with Crippen molar-refractivity contribution >= 4 is 53.0 Å². The highest BCUT2D eigenvalue weighted by Gasteiger charge is 2.32. The van der Waals surface area contributed by atoms with Crippen molar-refractivity contribution in [3.05, 3.63) is 189 Å². The molecule has 8 aromatic rings. The van der Waals surface area contributed by atoms with E-state index in [9.17, 15) is 0 Å². The van der Waals surface area contributed by atoms with Gasteiger partial charge in [-0.1, -0.05) is 245 Å². The summed E-state index contributed by atoms with van der Waals surface area (Å²) in [4.78, 5) is 0. The third kappa shape index (κ3) is 24.7. The molecule has 8 rings (SSSR count). The second-order valence-electron chi connectivity index (χ2n) is 39.1. The number of nitrogens with zero attached hydrogens (tertiary/aromatic N) is 4. The lowest BCUT2D eigenvalue weighted by Crippen LogP contribution is -2.45. The molecule has 0 aliphatic carbocycles. The fourth-order valence-corrected chi connectivity index (χ4v) is 22.0. The summed E-state index contributed by atoms with van der Waals surface area (Å²) in [6.45, 7) is 77.8. The number of rotatable bonds is 22. The number of aryl methyl sites for hydroxylation is 8. The zero-order valence-electron chi connectivity index (χ0n) is 73.8. The van der Waals surface area contributed by atoms with Crippen molar-refractivity contribution in [1.82, 2.24) is 0 Å². The highest BCUT2D eigenvalue weighted by atomic mass is 28.3. The Morgan fingerprint density at radius 2 is 0.577 bits per heavy atom. The van der Waals surface area contributed by atoms with E-state index in [1.54, 1.807) is 31.9 Å². The second-order valence-corrected chi connectivity index (χ2v) is 59.2. The van der Waals surface area contributed by atoms with Gasteiger partial charge in [-0.05, 0) is 209 Å². The molecular weight excluding hydrogens is 1320 g/mol. The molecule has 8 heteroatoms. The first-order valence-corrected chi connectivity index (χ1v) is 54.4. The van der Waals surface area contributed by atoms with Gasteiger partial charge in [-0.15, -0.1) is 0 Å². The van der Waals surface area contributed by atoms with E-state index in [-0.39, 0.29) is 5.41 Å². The second kappa shape index (κ2) is 37.0. The van der Waals surface area contributed by atoms with Crippen LogP contribution in [-0.4, -0.2) is 32.3 Å². The van der Waals surface area contributed by atoms with Crippen molar-refractivity contribution in [2.75, 3.05) is 0 Å². The summed E-state index contributed by atoms with van der Waals surface area (Å²) >= 11 is 0. The SMILES string of the molecule is CCC(CC)c1ccc(C)c(-c2cc([Si](C)(C)C)c(CC(C)C)c[n+]2C)c1.Cc1ccc(C(C)(C)C)cc1-c1cc([Si](C)(C)C)c(CC(C)C)c[n+]1C.Cc1ccc(C(C)C)cc1-c1cc([Si](C)(C)C)c(CC(C)C)c[n+]1C.Cc1ccc(CC(C)C)cc1-c1cc([Si](C)(C)C)c(CC(C)C)c[n+]1C. The van der Waals surface area contributed by atoms with E-state index in [2.05, 4.69) is 392 Å². The van der Waals surface area contributed by atoms with Gasteiger partial charge in [0.1, 0.15) is 28.2 Å². The van der Waals surface area contributed by atoms with Crippen LogP contribution in [0.15, 0.2) is 122 Å². The summed E-state index contributed by atoms with van der Waals surface area (Å²) in [5, 5.41) is 6.47. The van der Waals surface area contributed by atoms with Gasteiger partial charge < -0.3 is 0 Å². The van der Waals surface area contributed by atoms with Gasteiger partial charge in [-0.3, -0.25) is 0 Å². The predicted octanol–water partition coefficient (Wildman–Crippen LogP) is 22.4. The minimum atomic E-state index is -1.41. The van der Waals surface area contributed by atoms with Crippen molar-refractivity contribution in [3.63, 3.8) is 0 Å². The van der Waals surface area contributed by atoms with Gasteiger partial charge in [0.25, 0.3) is 0 Å². The van der Waals surface area contributed by atoms with E-state index in [0.29, 0.717) is 41.4 Å². The average Bonchev–Trinajstić information content (AvgIpc) is 0.794. The number of benzene rings is 4. The van der Waals surface area contributed by atoms with Crippen molar-refractivity contribution in [3.8, 4) is 45.0 Å². The van der Waals surface area contributed by atoms with Gasteiger partial charge >= 0.3 is 0 Å².